The van der Waals surface area contributed by atoms with Gasteiger partial charge < -0.3 is 10.1 Å². The van der Waals surface area contributed by atoms with Crippen LogP contribution in [0.5, 0.6) is 0 Å². The van der Waals surface area contributed by atoms with Gasteiger partial charge in [-0.15, -0.1) is 0 Å². The number of aromatic nitrogens is 2. The van der Waals surface area contributed by atoms with Gasteiger partial charge in [0.25, 0.3) is 5.91 Å². The molecule has 1 aromatic carbocycles. The van der Waals surface area contributed by atoms with Gasteiger partial charge in [0.15, 0.2) is 0 Å². The molecule has 0 unspecified atom stereocenters. The average molecular weight is 237 g/mol. The van der Waals surface area contributed by atoms with Gasteiger partial charge in [0, 0.05) is 12.4 Å². The van der Waals surface area contributed by atoms with Crippen molar-refractivity contribution >= 4 is 11.6 Å². The predicted octanol–water partition coefficient (Wildman–Crippen LogP) is 2.10. The molecular weight excluding hydrogens is 226 g/mol. The fourth-order valence-corrected chi connectivity index (χ4v) is 1.91. The molecule has 0 fully saturated rings. The van der Waals surface area contributed by atoms with Crippen LogP contribution in [0.15, 0.2) is 54.9 Å². The molecule has 2 N–H and O–H groups in total. The molecular formula is C14H11N3O. The van der Waals surface area contributed by atoms with Gasteiger partial charge >= 0.3 is 0 Å². The van der Waals surface area contributed by atoms with E-state index in [1.54, 1.807) is 6.20 Å². The second-order valence-electron chi connectivity index (χ2n) is 4.04. The maximum atomic E-state index is 11.1. The summed E-state index contributed by atoms with van der Waals surface area (Å²) < 4.78 is 1.81. The lowest BCUT2D eigenvalue weighted by molar-refractivity contribution is 0.0996. The van der Waals surface area contributed by atoms with Crippen molar-refractivity contribution in [1.29, 1.82) is 0 Å². The Hall–Kier alpha value is -2.62. The largest absolute Gasteiger partial charge is 0.364 e. The van der Waals surface area contributed by atoms with Crippen molar-refractivity contribution in [1.82, 2.24) is 9.38 Å². The molecule has 0 radical (unpaired) electrons. The number of hydrogen-bond donors (Lipinski definition) is 1. The molecule has 0 saturated heterocycles. The van der Waals surface area contributed by atoms with E-state index in [1.165, 1.54) is 0 Å². The van der Waals surface area contributed by atoms with Crippen molar-refractivity contribution < 1.29 is 4.79 Å². The van der Waals surface area contributed by atoms with Crippen LogP contribution in [0, 0.1) is 0 Å². The molecule has 0 atom stereocenters. The number of imidazole rings is 1. The Morgan fingerprint density at radius 1 is 1.00 bits per heavy atom. The minimum Gasteiger partial charge on any atom is -0.364 e. The third-order valence-electron chi connectivity index (χ3n) is 2.81. The number of carbonyl (C=O) groups is 1. The number of benzene rings is 1. The Morgan fingerprint density at radius 2 is 1.78 bits per heavy atom. The van der Waals surface area contributed by atoms with Crippen LogP contribution in [-0.4, -0.2) is 15.3 Å². The van der Waals surface area contributed by atoms with Crippen molar-refractivity contribution in [3.05, 3.63) is 60.6 Å². The molecule has 4 heteroatoms. The van der Waals surface area contributed by atoms with Crippen LogP contribution in [0.3, 0.4) is 0 Å². The van der Waals surface area contributed by atoms with E-state index in [1.807, 2.05) is 53.1 Å². The first-order valence-electron chi connectivity index (χ1n) is 5.58. The molecule has 3 aromatic rings. The molecule has 4 nitrogen and oxygen atoms in total. The number of nitrogens with two attached hydrogens (primary N) is 1. The third-order valence-corrected chi connectivity index (χ3v) is 2.81. The fourth-order valence-electron chi connectivity index (χ4n) is 1.91. The Labute approximate surface area is 104 Å². The van der Waals surface area contributed by atoms with Crippen LogP contribution in [-0.2, 0) is 0 Å². The Balaban J connectivity index is 2.14. The van der Waals surface area contributed by atoms with Gasteiger partial charge in [0.05, 0.1) is 0 Å². The lowest BCUT2D eigenvalue weighted by Gasteiger charge is -2.01. The molecule has 0 bridgehead atoms. The molecule has 88 valence electrons. The minimum atomic E-state index is -0.514. The summed E-state index contributed by atoms with van der Waals surface area (Å²) in [6.45, 7) is 0. The Kier molecular flexibility index (Phi) is 2.34. The lowest BCUT2D eigenvalue weighted by Crippen LogP contribution is -2.10. The van der Waals surface area contributed by atoms with E-state index in [9.17, 15) is 4.79 Å². The highest BCUT2D eigenvalue weighted by Crippen LogP contribution is 2.19. The maximum Gasteiger partial charge on any atom is 0.268 e. The van der Waals surface area contributed by atoms with Gasteiger partial charge in [-0.05, 0) is 23.3 Å². The number of amides is 1. The highest BCUT2D eigenvalue weighted by Gasteiger charge is 2.07. The lowest BCUT2D eigenvalue weighted by atomic mass is 10.1. The van der Waals surface area contributed by atoms with E-state index in [-0.39, 0.29) is 5.69 Å². The number of hydrogen-bond acceptors (Lipinski definition) is 2. The van der Waals surface area contributed by atoms with E-state index < -0.39 is 5.91 Å². The van der Waals surface area contributed by atoms with E-state index >= 15 is 0 Å². The first-order valence-corrected chi connectivity index (χ1v) is 5.58. The van der Waals surface area contributed by atoms with Gasteiger partial charge in [-0.25, -0.2) is 4.98 Å². The molecule has 0 aliphatic heterocycles. The van der Waals surface area contributed by atoms with Crippen LogP contribution >= 0.6 is 0 Å². The maximum absolute atomic E-state index is 11.1. The van der Waals surface area contributed by atoms with Crippen LogP contribution in [0.4, 0.5) is 0 Å². The van der Waals surface area contributed by atoms with Gasteiger partial charge in [0.1, 0.15) is 11.3 Å². The first-order chi connectivity index (χ1) is 8.74. The van der Waals surface area contributed by atoms with Crippen molar-refractivity contribution in [3.8, 4) is 11.1 Å². The zero-order chi connectivity index (χ0) is 12.5. The van der Waals surface area contributed by atoms with Gasteiger partial charge in [-0.2, -0.15) is 0 Å². The topological polar surface area (TPSA) is 60.4 Å². The van der Waals surface area contributed by atoms with E-state index in [0.29, 0.717) is 5.65 Å². The summed E-state index contributed by atoms with van der Waals surface area (Å²) in [6, 6.07) is 13.9. The smallest absolute Gasteiger partial charge is 0.268 e. The Morgan fingerprint density at radius 3 is 2.50 bits per heavy atom. The molecule has 18 heavy (non-hydrogen) atoms. The molecule has 0 saturated carbocycles. The summed E-state index contributed by atoms with van der Waals surface area (Å²) in [6.07, 6.45) is 3.58. The van der Waals surface area contributed by atoms with Crippen molar-refractivity contribution in [2.24, 2.45) is 5.73 Å². The van der Waals surface area contributed by atoms with Crippen LogP contribution < -0.4 is 5.73 Å². The molecule has 2 aromatic heterocycles. The second kappa shape index (κ2) is 4.00. The van der Waals surface area contributed by atoms with Gasteiger partial charge in [-0.1, -0.05) is 30.3 Å². The minimum absolute atomic E-state index is 0.278. The SMILES string of the molecule is NC(=O)c1cn2cc(-c3ccccc3)ccc2n1. The first kappa shape index (κ1) is 10.5. The average Bonchev–Trinajstić information content (AvgIpc) is 2.82. The monoisotopic (exact) mass is 237 g/mol. The van der Waals surface area contributed by atoms with E-state index in [0.717, 1.165) is 11.1 Å². The zero-order valence-electron chi connectivity index (χ0n) is 9.58. The van der Waals surface area contributed by atoms with Crippen LogP contribution in [0.1, 0.15) is 10.5 Å². The van der Waals surface area contributed by atoms with Gasteiger partial charge in [-0.3, -0.25) is 4.79 Å². The highest BCUT2D eigenvalue weighted by atomic mass is 16.1. The van der Waals surface area contributed by atoms with Crippen LogP contribution in [0.2, 0.25) is 0 Å². The fraction of sp³-hybridized carbons (Fsp3) is 0. The second-order valence-corrected chi connectivity index (χ2v) is 4.04. The summed E-state index contributed by atoms with van der Waals surface area (Å²) >= 11 is 0. The number of pyridine rings is 1. The highest BCUT2D eigenvalue weighted by molar-refractivity contribution is 5.91. The summed E-state index contributed by atoms with van der Waals surface area (Å²) in [5.74, 6) is -0.514. The molecule has 2 heterocycles. The molecule has 0 aliphatic rings. The quantitative estimate of drug-likeness (QED) is 0.742. The number of carbonyl (C=O) groups excluding carboxylic acids is 1. The Bertz CT molecular complexity index is 716. The number of nitrogens with zero attached hydrogens (tertiary/aromatic N) is 2. The molecule has 1 amide bonds. The number of fused-ring (bicyclic) bond motifs is 1. The standard InChI is InChI=1S/C14H11N3O/c15-14(18)12-9-17-8-11(6-7-13(17)16-12)10-4-2-1-3-5-10/h1-9H,(H2,15,18). The molecule has 0 spiro atoms. The summed E-state index contributed by atoms with van der Waals surface area (Å²) in [5, 5.41) is 0. The third kappa shape index (κ3) is 1.73. The molecule has 0 aliphatic carbocycles. The predicted molar refractivity (Wildman–Crippen MR) is 69.1 cm³/mol. The van der Waals surface area contributed by atoms with E-state index in [4.69, 9.17) is 5.73 Å². The van der Waals surface area contributed by atoms with Crippen molar-refractivity contribution in [3.63, 3.8) is 0 Å². The summed E-state index contributed by atoms with van der Waals surface area (Å²) in [4.78, 5) is 15.2. The number of primary amides is 1. The summed E-state index contributed by atoms with van der Waals surface area (Å²) in [7, 11) is 0. The van der Waals surface area contributed by atoms with Crippen molar-refractivity contribution in [2.75, 3.05) is 0 Å². The van der Waals surface area contributed by atoms with Crippen molar-refractivity contribution in [2.45, 2.75) is 0 Å². The zero-order valence-corrected chi connectivity index (χ0v) is 9.58. The summed E-state index contributed by atoms with van der Waals surface area (Å²) in [5.41, 5.74) is 8.39. The normalized spacial score (nSPS) is 10.7. The van der Waals surface area contributed by atoms with Gasteiger partial charge in [0.2, 0.25) is 0 Å². The molecule has 3 rings (SSSR count). The number of rotatable bonds is 2. The van der Waals surface area contributed by atoms with Crippen LogP contribution in [0.25, 0.3) is 16.8 Å². The van der Waals surface area contributed by atoms with E-state index in [2.05, 4.69) is 4.98 Å².